The maximum absolute atomic E-state index is 6.17. The second kappa shape index (κ2) is 6.42. The lowest BCUT2D eigenvalue weighted by molar-refractivity contribution is 0.129. The van der Waals surface area contributed by atoms with Crippen LogP contribution in [-0.2, 0) is 0 Å². The summed E-state index contributed by atoms with van der Waals surface area (Å²) in [4.78, 5) is 0. The summed E-state index contributed by atoms with van der Waals surface area (Å²) in [6, 6.07) is 6.41. The Hall–Kier alpha value is -1.02. The van der Waals surface area contributed by atoms with Crippen LogP contribution in [0.2, 0.25) is 0 Å². The van der Waals surface area contributed by atoms with Crippen LogP contribution in [0.25, 0.3) is 0 Å². The standard InChI is InChI=1S/C17H27NO/c1-4-14-5-8-16(9-6-14)19-17-10-7-15(13(3)18)11-12(17)2/h7,10-11,13-14,16H,4-6,8-9,18H2,1-3H3/t13-,14?,16?/m0/s1. The Morgan fingerprint density at radius 1 is 1.26 bits per heavy atom. The number of rotatable bonds is 4. The van der Waals surface area contributed by atoms with Crippen LogP contribution >= 0.6 is 0 Å². The van der Waals surface area contributed by atoms with Gasteiger partial charge in [-0.15, -0.1) is 0 Å². The van der Waals surface area contributed by atoms with E-state index in [0.29, 0.717) is 6.10 Å². The average molecular weight is 261 g/mol. The molecule has 2 rings (SSSR count). The summed E-state index contributed by atoms with van der Waals surface area (Å²) in [6.45, 7) is 6.42. The third kappa shape index (κ3) is 3.73. The molecule has 2 nitrogen and oxygen atoms in total. The van der Waals surface area contributed by atoms with Crippen LogP contribution < -0.4 is 10.5 Å². The van der Waals surface area contributed by atoms with Crippen molar-refractivity contribution in [1.82, 2.24) is 0 Å². The molecule has 1 aromatic rings. The van der Waals surface area contributed by atoms with Gasteiger partial charge in [-0.3, -0.25) is 0 Å². The molecule has 1 aromatic carbocycles. The minimum absolute atomic E-state index is 0.0905. The summed E-state index contributed by atoms with van der Waals surface area (Å²) in [6.07, 6.45) is 6.76. The largest absolute Gasteiger partial charge is 0.490 e. The molecule has 1 aliphatic carbocycles. The van der Waals surface area contributed by atoms with Crippen LogP contribution in [0.15, 0.2) is 18.2 Å². The average Bonchev–Trinajstić information content (AvgIpc) is 2.41. The van der Waals surface area contributed by atoms with Crippen LogP contribution in [0.5, 0.6) is 5.75 Å². The topological polar surface area (TPSA) is 35.2 Å². The lowest BCUT2D eigenvalue weighted by Gasteiger charge is -2.29. The van der Waals surface area contributed by atoms with Gasteiger partial charge in [0.2, 0.25) is 0 Å². The fourth-order valence-electron chi connectivity index (χ4n) is 2.93. The molecule has 0 spiro atoms. The minimum atomic E-state index is 0.0905. The van der Waals surface area contributed by atoms with Crippen LogP contribution in [0.1, 0.15) is 63.1 Å². The van der Waals surface area contributed by atoms with E-state index >= 15 is 0 Å². The van der Waals surface area contributed by atoms with Crippen molar-refractivity contribution in [3.63, 3.8) is 0 Å². The van der Waals surface area contributed by atoms with Crippen molar-refractivity contribution in [3.8, 4) is 5.75 Å². The zero-order valence-electron chi connectivity index (χ0n) is 12.5. The van der Waals surface area contributed by atoms with Gasteiger partial charge >= 0.3 is 0 Å². The van der Waals surface area contributed by atoms with Crippen molar-refractivity contribution in [2.24, 2.45) is 11.7 Å². The molecule has 0 amide bonds. The summed E-state index contributed by atoms with van der Waals surface area (Å²) in [5, 5.41) is 0. The summed E-state index contributed by atoms with van der Waals surface area (Å²) in [5.41, 5.74) is 8.29. The molecule has 106 valence electrons. The van der Waals surface area contributed by atoms with Crippen molar-refractivity contribution < 1.29 is 4.74 Å². The fourth-order valence-corrected chi connectivity index (χ4v) is 2.93. The zero-order chi connectivity index (χ0) is 13.8. The highest BCUT2D eigenvalue weighted by Crippen LogP contribution is 2.31. The highest BCUT2D eigenvalue weighted by Gasteiger charge is 2.21. The number of aryl methyl sites for hydroxylation is 1. The Labute approximate surface area is 117 Å². The van der Waals surface area contributed by atoms with Crippen LogP contribution in [0.3, 0.4) is 0 Å². The van der Waals surface area contributed by atoms with E-state index in [1.54, 1.807) is 0 Å². The predicted molar refractivity (Wildman–Crippen MR) is 80.4 cm³/mol. The maximum atomic E-state index is 6.17. The van der Waals surface area contributed by atoms with Gasteiger partial charge in [-0.1, -0.05) is 25.5 Å². The van der Waals surface area contributed by atoms with E-state index in [-0.39, 0.29) is 6.04 Å². The van der Waals surface area contributed by atoms with Crippen molar-refractivity contribution >= 4 is 0 Å². The monoisotopic (exact) mass is 261 g/mol. The van der Waals surface area contributed by atoms with Gasteiger partial charge < -0.3 is 10.5 Å². The number of hydrogen-bond acceptors (Lipinski definition) is 2. The first-order chi connectivity index (χ1) is 9.10. The van der Waals surface area contributed by atoms with E-state index in [4.69, 9.17) is 10.5 Å². The Morgan fingerprint density at radius 3 is 2.47 bits per heavy atom. The normalized spacial score (nSPS) is 25.1. The smallest absolute Gasteiger partial charge is 0.122 e. The number of ether oxygens (including phenoxy) is 1. The van der Waals surface area contributed by atoms with Crippen LogP contribution in [0.4, 0.5) is 0 Å². The Balaban J connectivity index is 1.96. The molecule has 1 fully saturated rings. The molecular weight excluding hydrogens is 234 g/mol. The molecule has 19 heavy (non-hydrogen) atoms. The fraction of sp³-hybridized carbons (Fsp3) is 0.647. The molecule has 1 aliphatic rings. The van der Waals surface area contributed by atoms with Crippen molar-refractivity contribution in [2.45, 2.75) is 65.0 Å². The third-order valence-electron chi connectivity index (χ3n) is 4.39. The number of hydrogen-bond donors (Lipinski definition) is 1. The first-order valence-electron chi connectivity index (χ1n) is 7.63. The molecule has 0 unspecified atom stereocenters. The summed E-state index contributed by atoms with van der Waals surface area (Å²) in [7, 11) is 0. The van der Waals surface area contributed by atoms with Gasteiger partial charge in [-0.25, -0.2) is 0 Å². The molecule has 0 saturated heterocycles. The molecule has 0 radical (unpaired) electrons. The molecule has 0 aliphatic heterocycles. The molecule has 2 N–H and O–H groups in total. The maximum Gasteiger partial charge on any atom is 0.122 e. The van der Waals surface area contributed by atoms with Crippen molar-refractivity contribution in [1.29, 1.82) is 0 Å². The van der Waals surface area contributed by atoms with Gasteiger partial charge in [-0.2, -0.15) is 0 Å². The Bertz CT molecular complexity index is 406. The summed E-state index contributed by atoms with van der Waals surface area (Å²) < 4.78 is 6.17. The van der Waals surface area contributed by atoms with Gasteiger partial charge in [0, 0.05) is 6.04 Å². The quantitative estimate of drug-likeness (QED) is 0.874. The van der Waals surface area contributed by atoms with E-state index in [1.807, 2.05) is 6.92 Å². The summed E-state index contributed by atoms with van der Waals surface area (Å²) in [5.74, 6) is 1.95. The van der Waals surface area contributed by atoms with E-state index in [2.05, 4.69) is 32.0 Å². The van der Waals surface area contributed by atoms with Gasteiger partial charge in [-0.05, 0) is 62.6 Å². The van der Waals surface area contributed by atoms with Gasteiger partial charge in [0.1, 0.15) is 5.75 Å². The zero-order valence-corrected chi connectivity index (χ0v) is 12.5. The summed E-state index contributed by atoms with van der Waals surface area (Å²) >= 11 is 0. The SMILES string of the molecule is CCC1CCC(Oc2ccc([C@H](C)N)cc2C)CC1. The van der Waals surface area contributed by atoms with E-state index in [9.17, 15) is 0 Å². The second-order valence-electron chi connectivity index (χ2n) is 5.98. The predicted octanol–water partition coefficient (Wildman–Crippen LogP) is 4.36. The van der Waals surface area contributed by atoms with Crippen molar-refractivity contribution in [2.75, 3.05) is 0 Å². The molecule has 1 saturated carbocycles. The molecule has 0 bridgehead atoms. The first kappa shape index (κ1) is 14.4. The minimum Gasteiger partial charge on any atom is -0.490 e. The third-order valence-corrected chi connectivity index (χ3v) is 4.39. The molecule has 0 aromatic heterocycles. The van der Waals surface area contributed by atoms with Gasteiger partial charge in [0.05, 0.1) is 6.10 Å². The second-order valence-corrected chi connectivity index (χ2v) is 5.98. The highest BCUT2D eigenvalue weighted by molar-refractivity contribution is 5.37. The number of benzene rings is 1. The highest BCUT2D eigenvalue weighted by atomic mass is 16.5. The molecule has 1 atom stereocenters. The lowest BCUT2D eigenvalue weighted by atomic mass is 9.86. The van der Waals surface area contributed by atoms with Gasteiger partial charge in [0.15, 0.2) is 0 Å². The molecule has 2 heteroatoms. The van der Waals surface area contributed by atoms with Crippen LogP contribution in [-0.4, -0.2) is 6.10 Å². The van der Waals surface area contributed by atoms with Crippen molar-refractivity contribution in [3.05, 3.63) is 29.3 Å². The van der Waals surface area contributed by atoms with Gasteiger partial charge in [0.25, 0.3) is 0 Å². The molecular formula is C17H27NO. The Kier molecular flexibility index (Phi) is 4.87. The molecule has 0 heterocycles. The Morgan fingerprint density at radius 2 is 1.95 bits per heavy atom. The van der Waals surface area contributed by atoms with E-state index in [1.165, 1.54) is 43.2 Å². The lowest BCUT2D eigenvalue weighted by Crippen LogP contribution is -2.24. The van der Waals surface area contributed by atoms with Crippen LogP contribution in [0, 0.1) is 12.8 Å². The van der Waals surface area contributed by atoms with E-state index in [0.717, 1.165) is 11.7 Å². The number of nitrogens with two attached hydrogens (primary N) is 1. The van der Waals surface area contributed by atoms with E-state index < -0.39 is 0 Å². The first-order valence-corrected chi connectivity index (χ1v) is 7.63.